The molecule has 2 aliphatic rings. The van der Waals surface area contributed by atoms with Gasteiger partial charge in [-0.15, -0.1) is 0 Å². The number of nitrogens with one attached hydrogen (secondary N) is 1. The summed E-state index contributed by atoms with van der Waals surface area (Å²) in [5.41, 5.74) is 7.94. The molecular formula is C24H25N5O. The Kier molecular flexibility index (Phi) is 4.89. The van der Waals surface area contributed by atoms with Crippen molar-refractivity contribution in [2.45, 2.75) is 19.3 Å². The maximum atomic E-state index is 10.5. The molecule has 0 atom stereocenters. The Balaban J connectivity index is 1.39. The van der Waals surface area contributed by atoms with Crippen molar-refractivity contribution in [1.82, 2.24) is 15.2 Å². The first-order valence-corrected chi connectivity index (χ1v) is 10.4. The van der Waals surface area contributed by atoms with Crippen molar-refractivity contribution in [2.24, 2.45) is 0 Å². The van der Waals surface area contributed by atoms with Crippen molar-refractivity contribution in [2.75, 3.05) is 23.0 Å². The van der Waals surface area contributed by atoms with Crippen LogP contribution in [-0.2, 0) is 0 Å². The van der Waals surface area contributed by atoms with Crippen LogP contribution in [0.3, 0.4) is 0 Å². The van der Waals surface area contributed by atoms with Crippen LogP contribution in [0.2, 0.25) is 0 Å². The van der Waals surface area contributed by atoms with E-state index in [9.17, 15) is 5.11 Å². The number of anilines is 2. The zero-order valence-electron chi connectivity index (χ0n) is 16.8. The molecule has 2 aromatic carbocycles. The van der Waals surface area contributed by atoms with Gasteiger partial charge in [0.15, 0.2) is 0 Å². The summed E-state index contributed by atoms with van der Waals surface area (Å²) in [5.74, 6) is 0.175. The summed E-state index contributed by atoms with van der Waals surface area (Å²) in [6.07, 6.45) is 9.13. The van der Waals surface area contributed by atoms with E-state index in [0.29, 0.717) is 5.70 Å². The van der Waals surface area contributed by atoms with Gasteiger partial charge in [0.2, 0.25) is 0 Å². The van der Waals surface area contributed by atoms with Crippen LogP contribution in [-0.4, -0.2) is 28.0 Å². The number of aromatic nitrogens is 2. The number of piperidine rings is 1. The van der Waals surface area contributed by atoms with Crippen LogP contribution in [0.4, 0.5) is 11.4 Å². The fraction of sp³-hybridized carbons (Fsp3) is 0.208. The monoisotopic (exact) mass is 399 g/mol. The van der Waals surface area contributed by atoms with Gasteiger partial charge in [-0.1, -0.05) is 18.2 Å². The van der Waals surface area contributed by atoms with E-state index in [1.165, 1.54) is 24.9 Å². The number of hydrazine groups is 1. The SMILES string of the molecule is OC1=C(c2ccnn2-c2ccccc2)NN(c2ccc(N3CCCCC3)cc2)C=C1. The Bertz CT molecular complexity index is 1060. The number of aliphatic hydroxyl groups is 1. The van der Waals surface area contributed by atoms with Gasteiger partial charge in [-0.25, -0.2) is 4.68 Å². The molecule has 3 aromatic rings. The summed E-state index contributed by atoms with van der Waals surface area (Å²) >= 11 is 0. The molecule has 0 bridgehead atoms. The predicted octanol–water partition coefficient (Wildman–Crippen LogP) is 4.63. The molecule has 0 spiro atoms. The van der Waals surface area contributed by atoms with Gasteiger partial charge >= 0.3 is 0 Å². The first-order chi connectivity index (χ1) is 14.8. The van der Waals surface area contributed by atoms with Gasteiger partial charge < -0.3 is 10.0 Å². The summed E-state index contributed by atoms with van der Waals surface area (Å²) in [4.78, 5) is 2.45. The second kappa shape index (κ2) is 7.99. The first-order valence-electron chi connectivity index (χ1n) is 10.4. The van der Waals surface area contributed by atoms with E-state index < -0.39 is 0 Å². The number of hydrogen-bond donors (Lipinski definition) is 2. The highest BCUT2D eigenvalue weighted by molar-refractivity contribution is 5.71. The lowest BCUT2D eigenvalue weighted by molar-refractivity contribution is 0.428. The number of allylic oxidation sites excluding steroid dienone is 1. The van der Waals surface area contributed by atoms with Crippen LogP contribution in [0.15, 0.2) is 84.9 Å². The number of benzene rings is 2. The highest BCUT2D eigenvalue weighted by atomic mass is 16.3. The van der Waals surface area contributed by atoms with Gasteiger partial charge in [0, 0.05) is 31.1 Å². The third kappa shape index (κ3) is 3.52. The highest BCUT2D eigenvalue weighted by Gasteiger charge is 2.20. The fourth-order valence-corrected chi connectivity index (χ4v) is 4.03. The van der Waals surface area contributed by atoms with Crippen molar-refractivity contribution < 1.29 is 5.11 Å². The van der Waals surface area contributed by atoms with Crippen molar-refractivity contribution in [3.05, 3.63) is 90.6 Å². The molecule has 2 aliphatic heterocycles. The molecule has 1 saturated heterocycles. The molecule has 152 valence electrons. The lowest BCUT2D eigenvalue weighted by Crippen LogP contribution is -2.35. The van der Waals surface area contributed by atoms with E-state index in [-0.39, 0.29) is 5.76 Å². The largest absolute Gasteiger partial charge is 0.506 e. The molecule has 30 heavy (non-hydrogen) atoms. The van der Waals surface area contributed by atoms with Crippen molar-refractivity contribution in [3.63, 3.8) is 0 Å². The normalized spacial score (nSPS) is 16.7. The number of para-hydroxylation sites is 1. The van der Waals surface area contributed by atoms with E-state index in [0.717, 1.165) is 30.2 Å². The third-order valence-electron chi connectivity index (χ3n) is 5.62. The van der Waals surface area contributed by atoms with Gasteiger partial charge in [0.05, 0.1) is 23.3 Å². The minimum Gasteiger partial charge on any atom is -0.506 e. The van der Waals surface area contributed by atoms with E-state index in [1.54, 1.807) is 12.3 Å². The number of rotatable bonds is 4. The van der Waals surface area contributed by atoms with Gasteiger partial charge in [-0.3, -0.25) is 10.4 Å². The minimum absolute atomic E-state index is 0.175. The molecule has 1 fully saturated rings. The van der Waals surface area contributed by atoms with Crippen molar-refractivity contribution in [1.29, 1.82) is 0 Å². The summed E-state index contributed by atoms with van der Waals surface area (Å²) in [6.45, 7) is 2.26. The molecule has 0 aliphatic carbocycles. The second-order valence-corrected chi connectivity index (χ2v) is 7.59. The molecule has 0 radical (unpaired) electrons. The zero-order chi connectivity index (χ0) is 20.3. The van der Waals surface area contributed by atoms with E-state index in [2.05, 4.69) is 39.7 Å². The highest BCUT2D eigenvalue weighted by Crippen LogP contribution is 2.27. The van der Waals surface area contributed by atoms with Crippen LogP contribution in [0.1, 0.15) is 25.0 Å². The van der Waals surface area contributed by atoms with Crippen LogP contribution in [0, 0.1) is 0 Å². The van der Waals surface area contributed by atoms with Crippen LogP contribution in [0.5, 0.6) is 0 Å². The molecule has 1 aromatic heterocycles. The van der Waals surface area contributed by atoms with Gasteiger partial charge in [0.25, 0.3) is 0 Å². The van der Waals surface area contributed by atoms with Crippen LogP contribution in [0.25, 0.3) is 11.4 Å². The summed E-state index contributed by atoms with van der Waals surface area (Å²) in [6, 6.07) is 20.3. The number of hydrogen-bond acceptors (Lipinski definition) is 5. The van der Waals surface area contributed by atoms with E-state index in [1.807, 2.05) is 52.3 Å². The van der Waals surface area contributed by atoms with E-state index >= 15 is 0 Å². The summed E-state index contributed by atoms with van der Waals surface area (Å²) in [7, 11) is 0. The average molecular weight is 399 g/mol. The smallest absolute Gasteiger partial charge is 0.144 e. The summed E-state index contributed by atoms with van der Waals surface area (Å²) in [5, 5.41) is 16.9. The molecular weight excluding hydrogens is 374 g/mol. The lowest BCUT2D eigenvalue weighted by atomic mass is 10.1. The minimum atomic E-state index is 0.175. The second-order valence-electron chi connectivity index (χ2n) is 7.59. The topological polar surface area (TPSA) is 56.6 Å². The van der Waals surface area contributed by atoms with Crippen LogP contribution < -0.4 is 15.3 Å². The Labute approximate surface area is 176 Å². The van der Waals surface area contributed by atoms with Gasteiger partial charge in [-0.2, -0.15) is 5.10 Å². The molecule has 0 amide bonds. The molecule has 6 heteroatoms. The Morgan fingerprint density at radius 3 is 2.30 bits per heavy atom. The zero-order valence-corrected chi connectivity index (χ0v) is 16.8. The maximum Gasteiger partial charge on any atom is 0.144 e. The van der Waals surface area contributed by atoms with Gasteiger partial charge in [0.1, 0.15) is 11.5 Å². The van der Waals surface area contributed by atoms with E-state index in [4.69, 9.17) is 0 Å². The molecule has 5 rings (SSSR count). The van der Waals surface area contributed by atoms with Gasteiger partial charge in [-0.05, 0) is 61.7 Å². The Morgan fingerprint density at radius 2 is 1.53 bits per heavy atom. The predicted molar refractivity (Wildman–Crippen MR) is 120 cm³/mol. The molecule has 6 nitrogen and oxygen atoms in total. The molecule has 2 N–H and O–H groups in total. The van der Waals surface area contributed by atoms with Crippen molar-refractivity contribution >= 4 is 17.1 Å². The Morgan fingerprint density at radius 1 is 0.800 bits per heavy atom. The maximum absolute atomic E-state index is 10.5. The molecule has 0 unspecified atom stereocenters. The summed E-state index contributed by atoms with van der Waals surface area (Å²) < 4.78 is 1.81. The fourth-order valence-electron chi connectivity index (χ4n) is 4.03. The number of nitrogens with zero attached hydrogens (tertiary/aromatic N) is 4. The van der Waals surface area contributed by atoms with Crippen molar-refractivity contribution in [3.8, 4) is 5.69 Å². The quantitative estimate of drug-likeness (QED) is 0.670. The molecule has 0 saturated carbocycles. The molecule has 3 heterocycles. The van der Waals surface area contributed by atoms with Crippen LogP contribution >= 0.6 is 0 Å². The number of aliphatic hydroxyl groups excluding tert-OH is 1. The Hall–Kier alpha value is -3.67. The third-order valence-corrected chi connectivity index (χ3v) is 5.62. The standard InChI is InChI=1S/C24H25N5O/c30-23-14-18-28(20-11-9-19(10-12-20)27-16-5-2-6-17-27)26-24(23)22-13-15-25-29(22)21-7-3-1-4-8-21/h1,3-4,7-15,18,26,30H,2,5-6,16-17H2. The lowest BCUT2D eigenvalue weighted by Gasteiger charge is -2.30. The average Bonchev–Trinajstić information content (AvgIpc) is 3.30. The first kappa shape index (κ1) is 18.4.